The molecule has 0 amide bonds. The van der Waals surface area contributed by atoms with E-state index in [2.05, 4.69) is 4.74 Å². The van der Waals surface area contributed by atoms with Gasteiger partial charge in [-0.05, 0) is 6.92 Å². The average molecular weight is 158 g/mol. The molecule has 0 spiro atoms. The topological polar surface area (TPSA) is 52.6 Å². The van der Waals surface area contributed by atoms with Crippen LogP contribution in [0.4, 0.5) is 0 Å². The second-order valence-corrected chi connectivity index (χ2v) is 2.58. The van der Waals surface area contributed by atoms with E-state index in [0.29, 0.717) is 6.42 Å². The van der Waals surface area contributed by atoms with Crippen molar-refractivity contribution in [3.63, 3.8) is 0 Å². The molecule has 1 saturated heterocycles. The summed E-state index contributed by atoms with van der Waals surface area (Å²) < 4.78 is 9.44. The molecule has 0 aromatic carbocycles. The molecule has 1 fully saturated rings. The standard InChI is InChI=1S/C7H10O4/c1-4-3-6(7(9)10-4)11-5(2)8/h4,6H,3H2,1-2H3/t4-,6+/m0/s1. The minimum Gasteiger partial charge on any atom is -0.460 e. The summed E-state index contributed by atoms with van der Waals surface area (Å²) >= 11 is 0. The molecule has 1 rings (SSSR count). The molecule has 4 heteroatoms. The van der Waals surface area contributed by atoms with E-state index in [1.807, 2.05) is 0 Å². The lowest BCUT2D eigenvalue weighted by atomic mass is 10.2. The monoisotopic (exact) mass is 158 g/mol. The Bertz CT molecular complexity index is 187. The van der Waals surface area contributed by atoms with Gasteiger partial charge < -0.3 is 9.47 Å². The van der Waals surface area contributed by atoms with Crippen LogP contribution in [-0.2, 0) is 19.1 Å². The lowest BCUT2D eigenvalue weighted by Gasteiger charge is -2.03. The van der Waals surface area contributed by atoms with Gasteiger partial charge in [-0.1, -0.05) is 0 Å². The van der Waals surface area contributed by atoms with Gasteiger partial charge in [0.2, 0.25) is 6.10 Å². The van der Waals surface area contributed by atoms with E-state index in [1.165, 1.54) is 6.92 Å². The van der Waals surface area contributed by atoms with Crippen molar-refractivity contribution in [1.82, 2.24) is 0 Å². The molecule has 1 heterocycles. The first-order valence-electron chi connectivity index (χ1n) is 3.47. The quantitative estimate of drug-likeness (QED) is 0.513. The highest BCUT2D eigenvalue weighted by molar-refractivity contribution is 5.80. The van der Waals surface area contributed by atoms with Crippen molar-refractivity contribution < 1.29 is 19.1 Å². The van der Waals surface area contributed by atoms with E-state index in [4.69, 9.17) is 4.74 Å². The Hall–Kier alpha value is -1.06. The summed E-state index contributed by atoms with van der Waals surface area (Å²) in [6.07, 6.45) is -0.340. The maximum atomic E-state index is 10.8. The van der Waals surface area contributed by atoms with Crippen molar-refractivity contribution in [3.8, 4) is 0 Å². The number of hydrogen-bond donors (Lipinski definition) is 0. The summed E-state index contributed by atoms with van der Waals surface area (Å²) in [4.78, 5) is 21.2. The molecule has 4 nitrogen and oxygen atoms in total. The maximum Gasteiger partial charge on any atom is 0.347 e. The zero-order valence-corrected chi connectivity index (χ0v) is 6.49. The van der Waals surface area contributed by atoms with Crippen molar-refractivity contribution >= 4 is 11.9 Å². The predicted octanol–water partition coefficient (Wildman–Crippen LogP) is 0.254. The molecule has 1 aliphatic heterocycles. The molecule has 0 radical (unpaired) electrons. The second-order valence-electron chi connectivity index (χ2n) is 2.58. The third-order valence-electron chi connectivity index (χ3n) is 1.43. The van der Waals surface area contributed by atoms with E-state index in [0.717, 1.165) is 0 Å². The lowest BCUT2D eigenvalue weighted by Crippen LogP contribution is -2.20. The molecule has 0 aromatic heterocycles. The zero-order valence-electron chi connectivity index (χ0n) is 6.49. The van der Waals surface area contributed by atoms with Gasteiger partial charge in [0, 0.05) is 13.3 Å². The molecule has 0 bridgehead atoms. The van der Waals surface area contributed by atoms with Crippen LogP contribution < -0.4 is 0 Å². The maximum absolute atomic E-state index is 10.8. The van der Waals surface area contributed by atoms with Gasteiger partial charge >= 0.3 is 11.9 Å². The van der Waals surface area contributed by atoms with Crippen LogP contribution in [-0.4, -0.2) is 24.1 Å². The van der Waals surface area contributed by atoms with Crippen molar-refractivity contribution in [3.05, 3.63) is 0 Å². The van der Waals surface area contributed by atoms with E-state index in [9.17, 15) is 9.59 Å². The Labute approximate surface area is 64.5 Å². The fourth-order valence-electron chi connectivity index (χ4n) is 1.02. The summed E-state index contributed by atoms with van der Waals surface area (Å²) in [7, 11) is 0. The SMILES string of the molecule is CC(=O)O[C@@H]1C[C@H](C)OC1=O. The highest BCUT2D eigenvalue weighted by atomic mass is 16.6. The zero-order chi connectivity index (χ0) is 8.43. The van der Waals surface area contributed by atoms with E-state index < -0.39 is 18.0 Å². The van der Waals surface area contributed by atoms with E-state index >= 15 is 0 Å². The van der Waals surface area contributed by atoms with Gasteiger partial charge in [0.25, 0.3) is 0 Å². The first kappa shape index (κ1) is 8.04. The van der Waals surface area contributed by atoms with Crippen LogP contribution in [0.5, 0.6) is 0 Å². The average Bonchev–Trinajstić information content (AvgIpc) is 2.09. The summed E-state index contributed by atoms with van der Waals surface area (Å²) in [6, 6.07) is 0. The molecule has 2 atom stereocenters. The highest BCUT2D eigenvalue weighted by Gasteiger charge is 2.34. The number of esters is 2. The Balaban J connectivity index is 2.47. The largest absolute Gasteiger partial charge is 0.460 e. The molecule has 11 heavy (non-hydrogen) atoms. The molecule has 0 aliphatic carbocycles. The number of carbonyl (C=O) groups is 2. The first-order chi connectivity index (χ1) is 5.09. The smallest absolute Gasteiger partial charge is 0.347 e. The predicted molar refractivity (Wildman–Crippen MR) is 35.7 cm³/mol. The number of cyclic esters (lactones) is 1. The molecule has 0 saturated carbocycles. The Morgan fingerprint density at radius 2 is 2.36 bits per heavy atom. The van der Waals surface area contributed by atoms with Crippen molar-refractivity contribution in [2.45, 2.75) is 32.5 Å². The van der Waals surface area contributed by atoms with Gasteiger partial charge in [0.15, 0.2) is 0 Å². The minimum absolute atomic E-state index is 0.133. The third-order valence-corrected chi connectivity index (χ3v) is 1.43. The summed E-state index contributed by atoms with van der Waals surface area (Å²) in [5.41, 5.74) is 0. The number of rotatable bonds is 1. The highest BCUT2D eigenvalue weighted by Crippen LogP contribution is 2.16. The molecule has 0 unspecified atom stereocenters. The number of hydrogen-bond acceptors (Lipinski definition) is 4. The minimum atomic E-state index is -0.678. The molecular formula is C7H10O4. The second kappa shape index (κ2) is 2.90. The van der Waals surface area contributed by atoms with Crippen LogP contribution >= 0.6 is 0 Å². The van der Waals surface area contributed by atoms with Gasteiger partial charge in [-0.15, -0.1) is 0 Å². The Morgan fingerprint density at radius 3 is 2.73 bits per heavy atom. The number of carbonyl (C=O) groups excluding carboxylic acids is 2. The normalized spacial score (nSPS) is 29.8. The fourth-order valence-corrected chi connectivity index (χ4v) is 1.02. The van der Waals surface area contributed by atoms with Gasteiger partial charge in [0.05, 0.1) is 0 Å². The van der Waals surface area contributed by atoms with Gasteiger partial charge in [-0.3, -0.25) is 4.79 Å². The van der Waals surface area contributed by atoms with E-state index in [-0.39, 0.29) is 6.10 Å². The van der Waals surface area contributed by atoms with Crippen LogP contribution in [0.25, 0.3) is 0 Å². The van der Waals surface area contributed by atoms with Crippen molar-refractivity contribution in [2.75, 3.05) is 0 Å². The van der Waals surface area contributed by atoms with E-state index in [1.54, 1.807) is 6.92 Å². The van der Waals surface area contributed by atoms with Crippen molar-refractivity contribution in [2.24, 2.45) is 0 Å². The van der Waals surface area contributed by atoms with Crippen LogP contribution in [0, 0.1) is 0 Å². The van der Waals surface area contributed by atoms with Crippen molar-refractivity contribution in [1.29, 1.82) is 0 Å². The molecule has 0 N–H and O–H groups in total. The summed E-state index contributed by atoms with van der Waals surface area (Å²) in [5, 5.41) is 0. The van der Waals surface area contributed by atoms with Gasteiger partial charge in [0.1, 0.15) is 6.10 Å². The van der Waals surface area contributed by atoms with Crippen LogP contribution in [0.15, 0.2) is 0 Å². The first-order valence-corrected chi connectivity index (χ1v) is 3.47. The van der Waals surface area contributed by atoms with Crippen LogP contribution in [0.3, 0.4) is 0 Å². The van der Waals surface area contributed by atoms with Crippen LogP contribution in [0.2, 0.25) is 0 Å². The Morgan fingerprint density at radius 1 is 1.73 bits per heavy atom. The van der Waals surface area contributed by atoms with Crippen LogP contribution in [0.1, 0.15) is 20.3 Å². The number of ether oxygens (including phenoxy) is 2. The summed E-state index contributed by atoms with van der Waals surface area (Å²) in [6.45, 7) is 3.04. The molecular weight excluding hydrogens is 148 g/mol. The molecule has 0 aromatic rings. The Kier molecular flexibility index (Phi) is 2.12. The van der Waals surface area contributed by atoms with Gasteiger partial charge in [-0.2, -0.15) is 0 Å². The summed E-state index contributed by atoms with van der Waals surface area (Å²) in [5.74, 6) is -0.881. The third kappa shape index (κ3) is 1.93. The van der Waals surface area contributed by atoms with Gasteiger partial charge in [-0.25, -0.2) is 4.79 Å². The molecule has 62 valence electrons. The fraction of sp³-hybridized carbons (Fsp3) is 0.714. The molecule has 1 aliphatic rings. The lowest BCUT2D eigenvalue weighted by molar-refractivity contribution is -0.159.